The zero-order valence-electron chi connectivity index (χ0n) is 32.1. The minimum absolute atomic E-state index is 0.239. The summed E-state index contributed by atoms with van der Waals surface area (Å²) in [5.41, 5.74) is 12.7. The Morgan fingerprint density at radius 3 is 1.41 bits per heavy atom. The smallest absolute Gasteiger partial charge is 0.305 e. The Balaban J connectivity index is 1.08. The molecule has 7 rings (SSSR count). The molecule has 0 radical (unpaired) electrons. The van der Waals surface area contributed by atoms with E-state index in [0.29, 0.717) is 44.5 Å². The number of nitrogens with one attached hydrogen (secondary N) is 1. The van der Waals surface area contributed by atoms with Crippen molar-refractivity contribution in [2.45, 2.75) is 61.4 Å². The number of carboxylic acid groups (broad SMARTS) is 2. The molecular formula is C45H44N6O8. The van der Waals surface area contributed by atoms with Crippen molar-refractivity contribution in [1.29, 1.82) is 0 Å². The number of hydrogen-bond acceptors (Lipinski definition) is 7. The van der Waals surface area contributed by atoms with E-state index in [0.717, 1.165) is 27.9 Å². The summed E-state index contributed by atoms with van der Waals surface area (Å²) in [5.74, 6) is -5.92. The van der Waals surface area contributed by atoms with Crippen molar-refractivity contribution >= 4 is 35.6 Å². The number of carboxylic acids is 2. The first-order chi connectivity index (χ1) is 28.4. The van der Waals surface area contributed by atoms with Crippen molar-refractivity contribution in [2.24, 2.45) is 11.5 Å². The number of aromatic nitrogens is 2. The molecule has 0 saturated carbocycles. The van der Waals surface area contributed by atoms with E-state index in [-0.39, 0.29) is 11.1 Å². The summed E-state index contributed by atoms with van der Waals surface area (Å²) < 4.78 is 0. The standard InChI is InChI=1S/C45H44N6O8/c46-40(56)44(26-38(52)53,32-9-3-1-4-10-32)42(58)50-23-7-13-36(50)30-19-15-28(16-20-30)34-25-35(49-48-34)29-17-21-31(22-18-29)37-14-8-24-51(37)43(59)45(41(47)57,27-39(54)55)33-11-5-2-6-12-33/h1-6,9-12,15-22,25,36-37H,7-8,13-14,23-24,26-27H2,(H2,46,56)(H2,47,57)(H,48,49)(H,52,53)(H,54,55)/t36-,37-,44-,45-/m0/s1. The van der Waals surface area contributed by atoms with E-state index in [4.69, 9.17) is 11.5 Å². The Bertz CT molecular complexity index is 2220. The Morgan fingerprint density at radius 1 is 0.610 bits per heavy atom. The number of carbonyl (C=O) groups is 6. The highest BCUT2D eigenvalue weighted by atomic mass is 16.4. The van der Waals surface area contributed by atoms with Crippen molar-refractivity contribution in [3.05, 3.63) is 138 Å². The highest BCUT2D eigenvalue weighted by Crippen LogP contribution is 2.41. The number of amides is 4. The topological polar surface area (TPSA) is 230 Å². The van der Waals surface area contributed by atoms with E-state index in [1.54, 1.807) is 70.5 Å². The van der Waals surface area contributed by atoms with Gasteiger partial charge >= 0.3 is 11.9 Å². The average molecular weight is 797 g/mol. The molecule has 5 aromatic rings. The number of hydrogen-bond donors (Lipinski definition) is 5. The van der Waals surface area contributed by atoms with E-state index in [9.17, 15) is 39.0 Å². The monoisotopic (exact) mass is 796 g/mol. The first-order valence-electron chi connectivity index (χ1n) is 19.4. The van der Waals surface area contributed by atoms with Crippen LogP contribution >= 0.6 is 0 Å². The number of rotatable bonds is 14. The van der Waals surface area contributed by atoms with Crippen molar-refractivity contribution < 1.29 is 39.0 Å². The third-order valence-electron chi connectivity index (χ3n) is 11.7. The van der Waals surface area contributed by atoms with Gasteiger partial charge < -0.3 is 31.5 Å². The van der Waals surface area contributed by atoms with Gasteiger partial charge in [0.1, 0.15) is 0 Å². The molecule has 1 aromatic heterocycles. The maximum atomic E-state index is 14.2. The molecule has 2 fully saturated rings. The Hall–Kier alpha value is -7.09. The molecule has 14 nitrogen and oxygen atoms in total. The van der Waals surface area contributed by atoms with Gasteiger partial charge in [-0.2, -0.15) is 5.10 Å². The molecule has 14 heteroatoms. The van der Waals surface area contributed by atoms with Crippen LogP contribution in [0.1, 0.15) is 72.9 Å². The molecule has 3 heterocycles. The molecule has 302 valence electrons. The second-order valence-electron chi connectivity index (χ2n) is 15.1. The van der Waals surface area contributed by atoms with Crippen LogP contribution < -0.4 is 11.5 Å². The van der Waals surface area contributed by atoms with Gasteiger partial charge in [0.25, 0.3) is 0 Å². The third-order valence-corrected chi connectivity index (χ3v) is 11.7. The molecule has 7 N–H and O–H groups in total. The lowest BCUT2D eigenvalue weighted by Crippen LogP contribution is -2.55. The molecule has 0 bridgehead atoms. The lowest BCUT2D eigenvalue weighted by Gasteiger charge is -2.35. The number of likely N-dealkylation sites (tertiary alicyclic amines) is 2. The molecular weight excluding hydrogens is 753 g/mol. The number of aromatic amines is 1. The van der Waals surface area contributed by atoms with E-state index >= 15 is 0 Å². The Labute approximate surface area is 339 Å². The van der Waals surface area contributed by atoms with Gasteiger partial charge in [-0.15, -0.1) is 0 Å². The van der Waals surface area contributed by atoms with Crippen LogP contribution in [0.15, 0.2) is 115 Å². The summed E-state index contributed by atoms with van der Waals surface area (Å²) in [6.45, 7) is 0.687. The van der Waals surface area contributed by atoms with Gasteiger partial charge in [0.15, 0.2) is 10.8 Å². The van der Waals surface area contributed by atoms with Gasteiger partial charge in [-0.3, -0.25) is 33.9 Å². The number of primary amides is 2. The zero-order valence-corrected chi connectivity index (χ0v) is 32.1. The van der Waals surface area contributed by atoms with E-state index < -0.39 is 71.3 Å². The van der Waals surface area contributed by atoms with Crippen LogP contribution in [0.5, 0.6) is 0 Å². The third kappa shape index (κ3) is 7.44. The lowest BCUT2D eigenvalue weighted by atomic mass is 9.75. The molecule has 2 saturated heterocycles. The van der Waals surface area contributed by atoms with Gasteiger partial charge in [0.05, 0.1) is 36.3 Å². The van der Waals surface area contributed by atoms with Gasteiger partial charge in [0.2, 0.25) is 23.6 Å². The molecule has 0 aliphatic carbocycles. The predicted molar refractivity (Wildman–Crippen MR) is 216 cm³/mol. The van der Waals surface area contributed by atoms with Crippen LogP contribution in [0.25, 0.3) is 22.5 Å². The maximum Gasteiger partial charge on any atom is 0.305 e. The Kier molecular flexibility index (Phi) is 11.2. The van der Waals surface area contributed by atoms with Crippen LogP contribution in [0.3, 0.4) is 0 Å². The van der Waals surface area contributed by atoms with E-state index in [1.807, 2.05) is 54.6 Å². The van der Waals surface area contributed by atoms with Gasteiger partial charge in [0, 0.05) is 18.7 Å². The summed E-state index contributed by atoms with van der Waals surface area (Å²) in [6.07, 6.45) is 1.05. The van der Waals surface area contributed by atoms with Crippen LogP contribution in [0, 0.1) is 0 Å². The fourth-order valence-corrected chi connectivity index (χ4v) is 8.75. The highest BCUT2D eigenvalue weighted by Gasteiger charge is 2.53. The number of benzene rings is 4. The molecule has 2 aliphatic heterocycles. The first kappa shape index (κ1) is 40.1. The SMILES string of the molecule is NC(=O)[C@@](CC(=O)O)(C(=O)N1CCC[C@H]1c1ccc(-c2cc(-c3ccc([C@@H]4CCCN4C(=O)[C@](CC(=O)O)(C(N)=O)c4ccccc4)cc3)[nH]n2)cc1)c1ccccc1. The van der Waals surface area contributed by atoms with Crippen LogP contribution in [0.2, 0.25) is 0 Å². The predicted octanol–water partition coefficient (Wildman–Crippen LogP) is 4.87. The number of carbonyl (C=O) groups excluding carboxylic acids is 4. The molecule has 59 heavy (non-hydrogen) atoms. The summed E-state index contributed by atoms with van der Waals surface area (Å²) in [6, 6.07) is 32.6. The second-order valence-corrected chi connectivity index (χ2v) is 15.1. The van der Waals surface area contributed by atoms with Crippen LogP contribution in [0.4, 0.5) is 0 Å². The van der Waals surface area contributed by atoms with E-state index in [1.165, 1.54) is 0 Å². The molecule has 0 unspecified atom stereocenters. The van der Waals surface area contributed by atoms with Crippen LogP contribution in [-0.2, 0) is 39.6 Å². The normalized spacial score (nSPS) is 18.4. The minimum Gasteiger partial charge on any atom is -0.481 e. The maximum absolute atomic E-state index is 14.2. The van der Waals surface area contributed by atoms with Crippen LogP contribution in [-0.4, -0.2) is 78.9 Å². The van der Waals surface area contributed by atoms with Crippen molar-refractivity contribution in [1.82, 2.24) is 20.0 Å². The van der Waals surface area contributed by atoms with Gasteiger partial charge in [-0.05, 0) is 59.6 Å². The molecule has 4 aromatic carbocycles. The molecule has 2 aliphatic rings. The number of H-pyrrole nitrogens is 1. The highest BCUT2D eigenvalue weighted by molar-refractivity contribution is 6.13. The number of nitrogens with zero attached hydrogens (tertiary/aromatic N) is 3. The molecule has 0 spiro atoms. The number of aliphatic carboxylic acids is 2. The zero-order chi connectivity index (χ0) is 41.9. The average Bonchev–Trinajstić information content (AvgIpc) is 4.04. The van der Waals surface area contributed by atoms with E-state index in [2.05, 4.69) is 10.2 Å². The van der Waals surface area contributed by atoms with Gasteiger partial charge in [-0.25, -0.2) is 0 Å². The largest absolute Gasteiger partial charge is 0.481 e. The summed E-state index contributed by atoms with van der Waals surface area (Å²) in [5, 5.41) is 27.2. The summed E-state index contributed by atoms with van der Waals surface area (Å²) in [4.78, 5) is 81.7. The van der Waals surface area contributed by atoms with Crippen molar-refractivity contribution in [3.8, 4) is 22.5 Å². The van der Waals surface area contributed by atoms with Crippen molar-refractivity contribution in [2.75, 3.05) is 13.1 Å². The summed E-state index contributed by atoms with van der Waals surface area (Å²) in [7, 11) is 0. The number of nitrogens with two attached hydrogens (primary N) is 2. The summed E-state index contributed by atoms with van der Waals surface area (Å²) >= 11 is 0. The quantitative estimate of drug-likeness (QED) is 0.0965. The first-order valence-corrected chi connectivity index (χ1v) is 19.4. The second kappa shape index (κ2) is 16.4. The fourth-order valence-electron chi connectivity index (χ4n) is 8.75. The Morgan fingerprint density at radius 2 is 1.02 bits per heavy atom. The molecule has 4 atom stereocenters. The fraction of sp³-hybridized carbons (Fsp3) is 0.267. The lowest BCUT2D eigenvalue weighted by molar-refractivity contribution is -0.151. The molecule has 4 amide bonds. The minimum atomic E-state index is -2.06. The van der Waals surface area contributed by atoms with Crippen molar-refractivity contribution in [3.63, 3.8) is 0 Å². The van der Waals surface area contributed by atoms with Gasteiger partial charge in [-0.1, -0.05) is 109 Å².